The molecule has 2 unspecified atom stereocenters. The molecule has 140 valence electrons. The van der Waals surface area contributed by atoms with Crippen molar-refractivity contribution in [2.75, 3.05) is 18.6 Å². The minimum Gasteiger partial charge on any atom is -0.491 e. The summed E-state index contributed by atoms with van der Waals surface area (Å²) in [5, 5.41) is 10.4. The number of likely N-dealkylation sites (N-methyl/N-ethyl adjacent to an activating group) is 1. The van der Waals surface area contributed by atoms with Crippen molar-refractivity contribution in [2.45, 2.75) is 57.6 Å². The first-order chi connectivity index (χ1) is 12.7. The van der Waals surface area contributed by atoms with E-state index in [4.69, 9.17) is 4.74 Å². The summed E-state index contributed by atoms with van der Waals surface area (Å²) < 4.78 is 6.09. The van der Waals surface area contributed by atoms with Crippen molar-refractivity contribution in [3.8, 4) is 5.75 Å². The third-order valence-corrected chi connectivity index (χ3v) is 5.43. The summed E-state index contributed by atoms with van der Waals surface area (Å²) in [6.45, 7) is 2.85. The van der Waals surface area contributed by atoms with Crippen LogP contribution in [0.4, 0.5) is 5.69 Å². The minimum absolute atomic E-state index is 0.378. The van der Waals surface area contributed by atoms with Crippen molar-refractivity contribution in [1.82, 2.24) is 0 Å². The van der Waals surface area contributed by atoms with Crippen LogP contribution in [0.2, 0.25) is 0 Å². The lowest BCUT2D eigenvalue weighted by molar-refractivity contribution is 0.163. The van der Waals surface area contributed by atoms with Crippen LogP contribution < -0.4 is 9.64 Å². The number of rotatable bonds is 8. The van der Waals surface area contributed by atoms with Crippen LogP contribution >= 0.6 is 0 Å². The van der Waals surface area contributed by atoms with E-state index in [1.54, 1.807) is 0 Å². The fraction of sp³-hybridized carbons (Fsp3) is 0.478. The Kier molecular flexibility index (Phi) is 6.56. The van der Waals surface area contributed by atoms with Crippen LogP contribution in [-0.2, 0) is 6.42 Å². The number of nitrogens with zero attached hydrogens (tertiary/aromatic N) is 1. The molecule has 3 rings (SSSR count). The number of fused-ring (bicyclic) bond motifs is 1. The maximum atomic E-state index is 10.4. The van der Waals surface area contributed by atoms with Gasteiger partial charge in [0.25, 0.3) is 0 Å². The van der Waals surface area contributed by atoms with E-state index in [0.717, 1.165) is 37.0 Å². The molecule has 0 amide bonds. The van der Waals surface area contributed by atoms with E-state index in [-0.39, 0.29) is 0 Å². The van der Waals surface area contributed by atoms with Crippen LogP contribution in [0.15, 0.2) is 48.5 Å². The van der Waals surface area contributed by atoms with E-state index >= 15 is 0 Å². The zero-order chi connectivity index (χ0) is 18.4. The first kappa shape index (κ1) is 18.8. The average Bonchev–Trinajstić information content (AvgIpc) is 2.68. The van der Waals surface area contributed by atoms with E-state index in [0.29, 0.717) is 12.6 Å². The van der Waals surface area contributed by atoms with Crippen molar-refractivity contribution in [3.05, 3.63) is 59.7 Å². The normalized spacial score (nSPS) is 17.7. The maximum absolute atomic E-state index is 10.4. The molecule has 26 heavy (non-hydrogen) atoms. The molecule has 2 aromatic carbocycles. The van der Waals surface area contributed by atoms with Gasteiger partial charge in [-0.15, -0.1) is 0 Å². The smallest absolute Gasteiger partial charge is 0.119 e. The SMILES string of the molecule is CCCCCC(O)c1cccc(OCC2CCc3ccccc3N2C)c1. The number of ether oxygens (including phenoxy) is 1. The number of hydrogen-bond donors (Lipinski definition) is 1. The number of unbranched alkanes of at least 4 members (excludes halogenated alkanes) is 2. The molecule has 0 saturated heterocycles. The minimum atomic E-state index is -0.394. The van der Waals surface area contributed by atoms with E-state index in [1.165, 1.54) is 24.1 Å². The maximum Gasteiger partial charge on any atom is 0.119 e. The van der Waals surface area contributed by atoms with Gasteiger partial charge in [-0.3, -0.25) is 0 Å². The Morgan fingerprint density at radius 3 is 2.85 bits per heavy atom. The Hall–Kier alpha value is -2.00. The molecule has 0 aromatic heterocycles. The van der Waals surface area contributed by atoms with Gasteiger partial charge < -0.3 is 14.7 Å². The number of aliphatic hydroxyl groups excluding tert-OH is 1. The molecular formula is C23H31NO2. The van der Waals surface area contributed by atoms with Gasteiger partial charge >= 0.3 is 0 Å². The zero-order valence-electron chi connectivity index (χ0n) is 16.0. The molecule has 1 N–H and O–H groups in total. The summed E-state index contributed by atoms with van der Waals surface area (Å²) in [6, 6.07) is 16.9. The van der Waals surface area contributed by atoms with Gasteiger partial charge in [0.05, 0.1) is 12.1 Å². The van der Waals surface area contributed by atoms with Crippen molar-refractivity contribution in [2.24, 2.45) is 0 Å². The monoisotopic (exact) mass is 353 g/mol. The van der Waals surface area contributed by atoms with Crippen LogP contribution in [0.1, 0.15) is 56.3 Å². The summed E-state index contributed by atoms with van der Waals surface area (Å²) in [5.41, 5.74) is 3.69. The molecule has 3 heteroatoms. The molecule has 1 heterocycles. The van der Waals surface area contributed by atoms with Gasteiger partial charge in [-0.2, -0.15) is 0 Å². The van der Waals surface area contributed by atoms with E-state index < -0.39 is 6.10 Å². The summed E-state index contributed by atoms with van der Waals surface area (Å²) in [5.74, 6) is 0.851. The third-order valence-electron chi connectivity index (χ3n) is 5.43. The number of anilines is 1. The van der Waals surface area contributed by atoms with Crippen LogP contribution in [0, 0.1) is 0 Å². The fourth-order valence-corrected chi connectivity index (χ4v) is 3.73. The largest absolute Gasteiger partial charge is 0.491 e. The van der Waals surface area contributed by atoms with Crippen molar-refractivity contribution < 1.29 is 9.84 Å². The highest BCUT2D eigenvalue weighted by atomic mass is 16.5. The highest BCUT2D eigenvalue weighted by molar-refractivity contribution is 5.55. The fourth-order valence-electron chi connectivity index (χ4n) is 3.73. The predicted molar refractivity (Wildman–Crippen MR) is 108 cm³/mol. The molecule has 0 saturated carbocycles. The lowest BCUT2D eigenvalue weighted by atomic mass is 9.97. The predicted octanol–water partition coefficient (Wildman–Crippen LogP) is 5.13. The molecule has 3 nitrogen and oxygen atoms in total. The topological polar surface area (TPSA) is 32.7 Å². The van der Waals surface area contributed by atoms with Crippen LogP contribution in [0.25, 0.3) is 0 Å². The molecule has 2 atom stereocenters. The molecule has 0 spiro atoms. The molecule has 1 aliphatic rings. The lowest BCUT2D eigenvalue weighted by Gasteiger charge is -2.35. The van der Waals surface area contributed by atoms with E-state index in [9.17, 15) is 5.11 Å². The highest BCUT2D eigenvalue weighted by Gasteiger charge is 2.23. The second-order valence-electron chi connectivity index (χ2n) is 7.33. The Morgan fingerprint density at radius 2 is 2.00 bits per heavy atom. The molecule has 1 aliphatic heterocycles. The number of aryl methyl sites for hydroxylation is 1. The van der Waals surface area contributed by atoms with Crippen LogP contribution in [0.5, 0.6) is 5.75 Å². The van der Waals surface area contributed by atoms with E-state index in [2.05, 4.69) is 43.1 Å². The number of hydrogen-bond acceptors (Lipinski definition) is 3. The molecule has 0 radical (unpaired) electrons. The van der Waals surface area contributed by atoms with Crippen molar-refractivity contribution >= 4 is 5.69 Å². The van der Waals surface area contributed by atoms with Gasteiger partial charge in [0, 0.05) is 12.7 Å². The third kappa shape index (κ3) is 4.59. The second kappa shape index (κ2) is 9.09. The summed E-state index contributed by atoms with van der Waals surface area (Å²) in [4.78, 5) is 2.34. The highest BCUT2D eigenvalue weighted by Crippen LogP contribution is 2.30. The van der Waals surface area contributed by atoms with Crippen molar-refractivity contribution in [1.29, 1.82) is 0 Å². The Balaban J connectivity index is 1.57. The number of aliphatic hydroxyl groups is 1. The summed E-state index contributed by atoms with van der Waals surface area (Å²) in [6.07, 6.45) is 6.04. The number of benzene rings is 2. The number of para-hydroxylation sites is 1. The quantitative estimate of drug-likeness (QED) is 0.668. The van der Waals surface area contributed by atoms with Crippen molar-refractivity contribution in [3.63, 3.8) is 0 Å². The van der Waals surface area contributed by atoms with Gasteiger partial charge in [-0.1, -0.05) is 56.5 Å². The second-order valence-corrected chi connectivity index (χ2v) is 7.33. The molecule has 2 aromatic rings. The first-order valence-electron chi connectivity index (χ1n) is 9.90. The summed E-state index contributed by atoms with van der Waals surface area (Å²) in [7, 11) is 2.15. The zero-order valence-corrected chi connectivity index (χ0v) is 16.0. The van der Waals surface area contributed by atoms with Gasteiger partial charge in [0.1, 0.15) is 12.4 Å². The molecule has 0 aliphatic carbocycles. The average molecular weight is 354 g/mol. The van der Waals surface area contributed by atoms with Crippen LogP contribution in [0.3, 0.4) is 0 Å². The van der Waals surface area contributed by atoms with Gasteiger partial charge in [0.15, 0.2) is 0 Å². The van der Waals surface area contributed by atoms with Gasteiger partial charge in [-0.05, 0) is 48.6 Å². The van der Waals surface area contributed by atoms with Gasteiger partial charge in [-0.25, -0.2) is 0 Å². The van der Waals surface area contributed by atoms with E-state index in [1.807, 2.05) is 24.3 Å². The standard InChI is InChI=1S/C23H31NO2/c1-3-4-5-13-23(25)19-10-8-11-21(16-19)26-17-20-15-14-18-9-6-7-12-22(18)24(20)2/h6-12,16,20,23,25H,3-5,13-15,17H2,1-2H3. The van der Waals surface area contributed by atoms with Crippen LogP contribution in [-0.4, -0.2) is 24.8 Å². The summed E-state index contributed by atoms with van der Waals surface area (Å²) >= 11 is 0. The first-order valence-corrected chi connectivity index (χ1v) is 9.90. The Bertz CT molecular complexity index is 700. The molecule has 0 fully saturated rings. The molecular weight excluding hydrogens is 322 g/mol. The Labute approximate surface area is 157 Å². The van der Waals surface area contributed by atoms with Gasteiger partial charge in [0.2, 0.25) is 0 Å². The molecule has 0 bridgehead atoms. The Morgan fingerprint density at radius 1 is 1.15 bits per heavy atom. The lowest BCUT2D eigenvalue weighted by Crippen LogP contribution is -2.40.